The second-order valence-corrected chi connectivity index (χ2v) is 9.14. The highest BCUT2D eigenvalue weighted by Gasteiger charge is 2.30. The van der Waals surface area contributed by atoms with Crippen molar-refractivity contribution < 1.29 is 27.4 Å². The third kappa shape index (κ3) is 7.38. The van der Waals surface area contributed by atoms with Crippen molar-refractivity contribution in [3.05, 3.63) is 59.9 Å². The van der Waals surface area contributed by atoms with Gasteiger partial charge in [0.05, 0.1) is 18.4 Å². The first kappa shape index (κ1) is 26.4. The van der Waals surface area contributed by atoms with E-state index in [9.17, 15) is 18.0 Å². The molecule has 0 aliphatic rings. The van der Waals surface area contributed by atoms with E-state index in [-0.39, 0.29) is 17.3 Å². The highest BCUT2D eigenvalue weighted by molar-refractivity contribution is 7.99. The monoisotopic (exact) mass is 508 g/mol. The number of carbonyl (C=O) groups is 1. The van der Waals surface area contributed by atoms with E-state index in [0.717, 1.165) is 17.9 Å². The lowest BCUT2D eigenvalue weighted by atomic mass is 10.2. The van der Waals surface area contributed by atoms with Gasteiger partial charge in [-0.3, -0.25) is 4.79 Å². The van der Waals surface area contributed by atoms with Crippen molar-refractivity contribution in [1.82, 2.24) is 14.8 Å². The van der Waals surface area contributed by atoms with Gasteiger partial charge in [0.2, 0.25) is 5.91 Å². The van der Waals surface area contributed by atoms with Gasteiger partial charge in [0, 0.05) is 12.2 Å². The van der Waals surface area contributed by atoms with Crippen molar-refractivity contribution in [1.29, 1.82) is 0 Å². The van der Waals surface area contributed by atoms with Gasteiger partial charge in [0.25, 0.3) is 0 Å². The summed E-state index contributed by atoms with van der Waals surface area (Å²) >= 11 is 1.20. The number of nitrogens with zero attached hydrogens (tertiary/aromatic N) is 3. The van der Waals surface area contributed by atoms with Gasteiger partial charge in [-0.05, 0) is 61.4 Å². The summed E-state index contributed by atoms with van der Waals surface area (Å²) in [7, 11) is 1.59. The summed E-state index contributed by atoms with van der Waals surface area (Å²) in [6, 6.07) is 11.5. The predicted molar refractivity (Wildman–Crippen MR) is 128 cm³/mol. The van der Waals surface area contributed by atoms with Gasteiger partial charge in [-0.2, -0.15) is 13.2 Å². The maximum absolute atomic E-state index is 12.7. The average molecular weight is 509 g/mol. The maximum Gasteiger partial charge on any atom is 0.416 e. The van der Waals surface area contributed by atoms with Crippen molar-refractivity contribution >= 4 is 23.4 Å². The van der Waals surface area contributed by atoms with Crippen LogP contribution >= 0.6 is 11.8 Å². The van der Waals surface area contributed by atoms with Gasteiger partial charge in [-0.25, -0.2) is 0 Å². The van der Waals surface area contributed by atoms with Crippen molar-refractivity contribution in [2.45, 2.75) is 44.8 Å². The number of nitrogens with one attached hydrogen (secondary N) is 1. The minimum absolute atomic E-state index is 0.0188. The van der Waals surface area contributed by atoms with Crippen molar-refractivity contribution in [3.63, 3.8) is 0 Å². The molecule has 1 unspecified atom stereocenters. The first-order valence-corrected chi connectivity index (χ1v) is 11.9. The van der Waals surface area contributed by atoms with Crippen molar-refractivity contribution in [2.75, 3.05) is 18.2 Å². The van der Waals surface area contributed by atoms with Gasteiger partial charge in [0.1, 0.15) is 11.5 Å². The van der Waals surface area contributed by atoms with Crippen LogP contribution in [-0.4, -0.2) is 33.5 Å². The molecule has 3 aromatic rings. The Hall–Kier alpha value is -3.21. The third-order valence-electron chi connectivity index (χ3n) is 4.86. The molecule has 0 aliphatic heterocycles. The zero-order valence-electron chi connectivity index (χ0n) is 19.8. The van der Waals surface area contributed by atoms with Crippen LogP contribution < -0.4 is 14.8 Å². The highest BCUT2D eigenvalue weighted by Crippen LogP contribution is 2.30. The normalized spacial score (nSPS) is 12.5. The van der Waals surface area contributed by atoms with Gasteiger partial charge >= 0.3 is 6.18 Å². The first-order chi connectivity index (χ1) is 16.6. The molecule has 3 rings (SSSR count). The molecule has 1 aromatic heterocycles. The van der Waals surface area contributed by atoms with Crippen LogP contribution in [-0.2, 0) is 17.5 Å². The molecule has 1 heterocycles. The summed E-state index contributed by atoms with van der Waals surface area (Å²) < 4.78 is 51.2. The largest absolute Gasteiger partial charge is 0.497 e. The number of thioether (sulfide) groups is 1. The van der Waals surface area contributed by atoms with Crippen LogP contribution in [0.2, 0.25) is 0 Å². The molecule has 11 heteroatoms. The molecule has 0 radical (unpaired) electrons. The third-order valence-corrected chi connectivity index (χ3v) is 5.82. The van der Waals surface area contributed by atoms with E-state index in [4.69, 9.17) is 9.47 Å². The van der Waals surface area contributed by atoms with Crippen LogP contribution in [0.4, 0.5) is 18.9 Å². The molecule has 1 atom stereocenters. The van der Waals surface area contributed by atoms with Crippen molar-refractivity contribution in [3.8, 4) is 11.5 Å². The summed E-state index contributed by atoms with van der Waals surface area (Å²) in [5.41, 5.74) is -0.486. The SMILES string of the molecule is COc1ccc(OC(C)c2nnc(SCC(=O)Nc3ccc(C(F)(F)F)cc3)n2CC(C)C)cc1. The van der Waals surface area contributed by atoms with Crippen LogP contribution in [0.1, 0.15) is 38.3 Å². The molecule has 1 amide bonds. The van der Waals surface area contributed by atoms with Gasteiger partial charge < -0.3 is 19.4 Å². The number of carbonyl (C=O) groups excluding carboxylic acids is 1. The van der Waals surface area contributed by atoms with E-state index >= 15 is 0 Å². The fraction of sp³-hybridized carbons (Fsp3) is 0.375. The molecule has 0 aliphatic carbocycles. The van der Waals surface area contributed by atoms with E-state index in [1.807, 2.05) is 11.5 Å². The molecule has 1 N–H and O–H groups in total. The Kier molecular flexibility index (Phi) is 8.66. The van der Waals surface area contributed by atoms with Crippen LogP contribution in [0.3, 0.4) is 0 Å². The molecule has 0 spiro atoms. The Morgan fingerprint density at radius 1 is 1.03 bits per heavy atom. The fourth-order valence-electron chi connectivity index (χ4n) is 3.23. The minimum atomic E-state index is -4.43. The molecule has 188 valence electrons. The van der Waals surface area contributed by atoms with Crippen LogP contribution in [0, 0.1) is 5.92 Å². The average Bonchev–Trinajstić information content (AvgIpc) is 3.20. The summed E-state index contributed by atoms with van der Waals surface area (Å²) in [4.78, 5) is 12.4. The molecular weight excluding hydrogens is 481 g/mol. The number of rotatable bonds is 10. The molecule has 7 nitrogen and oxygen atoms in total. The number of aromatic nitrogens is 3. The Bertz CT molecular complexity index is 1120. The van der Waals surface area contributed by atoms with E-state index in [1.165, 1.54) is 23.9 Å². The fourth-order valence-corrected chi connectivity index (χ4v) is 3.98. The standard InChI is InChI=1S/C24H27F3N4O3S/c1-15(2)13-31-22(16(3)34-20-11-9-19(33-4)10-12-20)29-30-23(31)35-14-21(32)28-18-7-5-17(6-8-18)24(25,26)27/h5-12,15-16H,13-14H2,1-4H3,(H,28,32). The number of halogens is 3. The maximum atomic E-state index is 12.7. The minimum Gasteiger partial charge on any atom is -0.497 e. The molecule has 0 fully saturated rings. The van der Waals surface area contributed by atoms with Gasteiger partial charge in [-0.15, -0.1) is 10.2 Å². The molecule has 35 heavy (non-hydrogen) atoms. The lowest BCUT2D eigenvalue weighted by molar-refractivity contribution is -0.137. The topological polar surface area (TPSA) is 78.3 Å². The smallest absolute Gasteiger partial charge is 0.416 e. The number of hydrogen-bond acceptors (Lipinski definition) is 6. The molecular formula is C24H27F3N4O3S. The van der Waals surface area contributed by atoms with Crippen LogP contribution in [0.25, 0.3) is 0 Å². The molecule has 0 saturated heterocycles. The zero-order valence-corrected chi connectivity index (χ0v) is 20.6. The molecule has 2 aromatic carbocycles. The Morgan fingerprint density at radius 3 is 2.23 bits per heavy atom. The highest BCUT2D eigenvalue weighted by atomic mass is 32.2. The Balaban J connectivity index is 1.65. The Labute approximate surface area is 206 Å². The number of methoxy groups -OCH3 is 1. The number of benzene rings is 2. The number of hydrogen-bond donors (Lipinski definition) is 1. The number of anilines is 1. The van der Waals surface area contributed by atoms with Gasteiger partial charge in [0.15, 0.2) is 17.1 Å². The number of alkyl halides is 3. The summed E-state index contributed by atoms with van der Waals surface area (Å²) in [5, 5.41) is 11.7. The van der Waals surface area contributed by atoms with E-state index in [1.54, 1.807) is 31.4 Å². The second kappa shape index (κ2) is 11.5. The van der Waals surface area contributed by atoms with Crippen molar-refractivity contribution in [2.24, 2.45) is 5.92 Å². The second-order valence-electron chi connectivity index (χ2n) is 8.19. The lowest BCUT2D eigenvalue weighted by Crippen LogP contribution is -2.17. The lowest BCUT2D eigenvalue weighted by Gasteiger charge is -2.18. The Morgan fingerprint density at radius 2 is 1.66 bits per heavy atom. The summed E-state index contributed by atoms with van der Waals surface area (Å²) in [5.74, 6) is 1.95. The zero-order chi connectivity index (χ0) is 25.6. The quantitative estimate of drug-likeness (QED) is 0.347. The van der Waals surface area contributed by atoms with E-state index in [0.29, 0.717) is 29.2 Å². The predicted octanol–water partition coefficient (Wildman–Crippen LogP) is 5.83. The van der Waals surface area contributed by atoms with Gasteiger partial charge in [-0.1, -0.05) is 25.6 Å². The van der Waals surface area contributed by atoms with Crippen LogP contribution in [0.15, 0.2) is 53.7 Å². The summed E-state index contributed by atoms with van der Waals surface area (Å²) in [6.07, 6.45) is -4.82. The molecule has 0 saturated carbocycles. The molecule has 0 bridgehead atoms. The number of amides is 1. The van der Waals surface area contributed by atoms with Crippen LogP contribution in [0.5, 0.6) is 11.5 Å². The van der Waals surface area contributed by atoms with E-state index < -0.39 is 17.8 Å². The first-order valence-electron chi connectivity index (χ1n) is 10.9. The van der Waals surface area contributed by atoms with E-state index in [2.05, 4.69) is 29.4 Å². The number of ether oxygens (including phenoxy) is 2. The summed E-state index contributed by atoms with van der Waals surface area (Å²) in [6.45, 7) is 6.62.